The number of carbonyl (C=O) groups excluding carboxylic acids is 1. The van der Waals surface area contributed by atoms with Gasteiger partial charge in [-0.05, 0) is 56.5 Å². The predicted molar refractivity (Wildman–Crippen MR) is 84.0 cm³/mol. The summed E-state index contributed by atoms with van der Waals surface area (Å²) < 4.78 is 1.06. The number of amides is 1. The van der Waals surface area contributed by atoms with E-state index in [1.54, 1.807) is 0 Å². The van der Waals surface area contributed by atoms with Crippen molar-refractivity contribution in [1.29, 1.82) is 0 Å². The van der Waals surface area contributed by atoms with Crippen LogP contribution in [0, 0.1) is 0 Å². The number of fused-ring (bicyclic) bond motifs is 1. The van der Waals surface area contributed by atoms with Crippen LogP contribution < -0.4 is 0 Å². The van der Waals surface area contributed by atoms with Crippen molar-refractivity contribution in [1.82, 2.24) is 9.80 Å². The van der Waals surface area contributed by atoms with Crippen molar-refractivity contribution in [3.05, 3.63) is 33.8 Å². The molecule has 4 heteroatoms. The molecule has 3 nitrogen and oxygen atoms in total. The van der Waals surface area contributed by atoms with Crippen LogP contribution >= 0.6 is 15.9 Å². The van der Waals surface area contributed by atoms with Crippen LogP contribution in [0.2, 0.25) is 0 Å². The minimum Gasteiger partial charge on any atom is -0.337 e. The maximum atomic E-state index is 12.5. The molecule has 108 valence electrons. The summed E-state index contributed by atoms with van der Waals surface area (Å²) in [5.41, 5.74) is 2.06. The Morgan fingerprint density at radius 1 is 1.30 bits per heavy atom. The number of nitrogens with zero attached hydrogens (tertiary/aromatic N) is 2. The molecule has 1 saturated heterocycles. The van der Waals surface area contributed by atoms with Crippen molar-refractivity contribution in [3.63, 3.8) is 0 Å². The van der Waals surface area contributed by atoms with E-state index in [1.165, 1.54) is 24.9 Å². The molecule has 20 heavy (non-hydrogen) atoms. The van der Waals surface area contributed by atoms with E-state index >= 15 is 0 Å². The minimum atomic E-state index is 0.200. The fourth-order valence-electron chi connectivity index (χ4n) is 3.29. The van der Waals surface area contributed by atoms with Crippen molar-refractivity contribution < 1.29 is 4.79 Å². The van der Waals surface area contributed by atoms with Gasteiger partial charge in [0.25, 0.3) is 5.91 Å². The molecule has 0 radical (unpaired) electrons. The summed E-state index contributed by atoms with van der Waals surface area (Å²) in [7, 11) is 0. The molecular weight excluding hydrogens is 316 g/mol. The van der Waals surface area contributed by atoms with Gasteiger partial charge >= 0.3 is 0 Å². The lowest BCUT2D eigenvalue weighted by Crippen LogP contribution is -2.43. The Bertz CT molecular complexity index is 517. The number of carbonyl (C=O) groups is 1. The van der Waals surface area contributed by atoms with E-state index in [0.717, 1.165) is 36.1 Å². The van der Waals surface area contributed by atoms with E-state index in [2.05, 4.69) is 33.8 Å². The average molecular weight is 337 g/mol. The van der Waals surface area contributed by atoms with Crippen molar-refractivity contribution in [3.8, 4) is 0 Å². The molecular formula is C16H21BrN2O. The molecule has 1 atom stereocenters. The zero-order chi connectivity index (χ0) is 14.1. The van der Waals surface area contributed by atoms with Crippen LogP contribution in [-0.2, 0) is 6.42 Å². The average Bonchev–Trinajstić information content (AvgIpc) is 2.83. The van der Waals surface area contributed by atoms with Gasteiger partial charge in [0.05, 0.1) is 0 Å². The second-order valence-electron chi connectivity index (χ2n) is 5.87. The highest BCUT2D eigenvalue weighted by atomic mass is 79.9. The Balaban J connectivity index is 1.65. The van der Waals surface area contributed by atoms with Crippen molar-refractivity contribution in [2.75, 3.05) is 26.2 Å². The summed E-state index contributed by atoms with van der Waals surface area (Å²) in [5, 5.41) is 0. The third kappa shape index (κ3) is 2.77. The molecule has 3 rings (SSSR count). The summed E-state index contributed by atoms with van der Waals surface area (Å²) in [6, 6.07) is 6.67. The van der Waals surface area contributed by atoms with Crippen molar-refractivity contribution >= 4 is 21.8 Å². The van der Waals surface area contributed by atoms with Gasteiger partial charge in [-0.25, -0.2) is 0 Å². The highest BCUT2D eigenvalue weighted by molar-refractivity contribution is 9.10. The molecule has 2 heterocycles. The number of halogens is 1. The maximum absolute atomic E-state index is 12.5. The fourth-order valence-corrected chi connectivity index (χ4v) is 3.70. The normalized spacial score (nSPS) is 23.2. The fraction of sp³-hybridized carbons (Fsp3) is 0.562. The Morgan fingerprint density at radius 3 is 2.90 bits per heavy atom. The summed E-state index contributed by atoms with van der Waals surface area (Å²) in [5.74, 6) is 0.200. The lowest BCUT2D eigenvalue weighted by molar-refractivity contribution is 0.0717. The Kier molecular flexibility index (Phi) is 4.13. The number of benzene rings is 1. The lowest BCUT2D eigenvalue weighted by atomic mass is 9.99. The third-order valence-electron chi connectivity index (χ3n) is 4.58. The molecule has 1 aromatic carbocycles. The highest BCUT2D eigenvalue weighted by Gasteiger charge is 2.26. The Hall–Kier alpha value is -0.870. The monoisotopic (exact) mass is 336 g/mol. The van der Waals surface area contributed by atoms with E-state index in [-0.39, 0.29) is 5.91 Å². The standard InChI is InChI=1S/C16H21BrN2O/c1-12-3-2-7-18(12)9-10-19-8-6-13-11-14(17)4-5-15(13)16(19)20/h4-5,11-12H,2-3,6-10H2,1H3. The topological polar surface area (TPSA) is 23.6 Å². The number of rotatable bonds is 3. The largest absolute Gasteiger partial charge is 0.337 e. The molecule has 1 unspecified atom stereocenters. The van der Waals surface area contributed by atoms with Crippen molar-refractivity contribution in [2.45, 2.75) is 32.2 Å². The zero-order valence-corrected chi connectivity index (χ0v) is 13.5. The van der Waals surface area contributed by atoms with E-state index in [4.69, 9.17) is 0 Å². The van der Waals surface area contributed by atoms with Crippen molar-refractivity contribution in [2.24, 2.45) is 0 Å². The van der Waals surface area contributed by atoms with Gasteiger partial charge in [0, 0.05) is 35.7 Å². The van der Waals surface area contributed by atoms with E-state index in [0.29, 0.717) is 6.04 Å². The summed E-state index contributed by atoms with van der Waals surface area (Å²) in [6.45, 7) is 6.20. The molecule has 0 saturated carbocycles. The van der Waals surface area contributed by atoms with Gasteiger partial charge in [-0.15, -0.1) is 0 Å². The van der Waals surface area contributed by atoms with Crippen LogP contribution in [0.25, 0.3) is 0 Å². The van der Waals surface area contributed by atoms with Gasteiger partial charge in [-0.1, -0.05) is 15.9 Å². The first-order chi connectivity index (χ1) is 9.65. The van der Waals surface area contributed by atoms with Crippen LogP contribution in [-0.4, -0.2) is 47.9 Å². The van der Waals surface area contributed by atoms with Gasteiger partial charge in [0.15, 0.2) is 0 Å². The summed E-state index contributed by atoms with van der Waals surface area (Å²) in [4.78, 5) is 17.0. The molecule has 1 amide bonds. The summed E-state index contributed by atoms with van der Waals surface area (Å²) >= 11 is 3.48. The van der Waals surface area contributed by atoms with Crippen LogP contribution in [0.15, 0.2) is 22.7 Å². The first-order valence-electron chi connectivity index (χ1n) is 7.47. The first kappa shape index (κ1) is 14.1. The molecule has 0 N–H and O–H groups in total. The second-order valence-corrected chi connectivity index (χ2v) is 6.79. The van der Waals surface area contributed by atoms with Crippen LogP contribution in [0.3, 0.4) is 0 Å². The molecule has 0 aromatic heterocycles. The SMILES string of the molecule is CC1CCCN1CCN1CCc2cc(Br)ccc2C1=O. The second kappa shape index (κ2) is 5.86. The van der Waals surface area contributed by atoms with Gasteiger partial charge in [0.2, 0.25) is 0 Å². The predicted octanol–water partition coefficient (Wildman–Crippen LogP) is 2.93. The molecule has 1 fully saturated rings. The smallest absolute Gasteiger partial charge is 0.254 e. The number of hydrogen-bond donors (Lipinski definition) is 0. The Morgan fingerprint density at radius 2 is 2.15 bits per heavy atom. The van der Waals surface area contributed by atoms with E-state index in [9.17, 15) is 4.79 Å². The van der Waals surface area contributed by atoms with Crippen LogP contribution in [0.4, 0.5) is 0 Å². The van der Waals surface area contributed by atoms with E-state index in [1.807, 2.05) is 17.0 Å². The van der Waals surface area contributed by atoms with Gasteiger partial charge in [-0.3, -0.25) is 9.69 Å². The molecule has 2 aliphatic rings. The third-order valence-corrected chi connectivity index (χ3v) is 5.08. The van der Waals surface area contributed by atoms with Crippen LogP contribution in [0.1, 0.15) is 35.7 Å². The molecule has 0 spiro atoms. The highest BCUT2D eigenvalue weighted by Crippen LogP contribution is 2.23. The zero-order valence-electron chi connectivity index (χ0n) is 11.9. The molecule has 0 aliphatic carbocycles. The molecule has 2 aliphatic heterocycles. The number of hydrogen-bond acceptors (Lipinski definition) is 2. The molecule has 1 aromatic rings. The molecule has 0 bridgehead atoms. The minimum absolute atomic E-state index is 0.200. The maximum Gasteiger partial charge on any atom is 0.254 e. The van der Waals surface area contributed by atoms with Crippen LogP contribution in [0.5, 0.6) is 0 Å². The Labute approximate surface area is 129 Å². The van der Waals surface area contributed by atoms with Gasteiger partial charge < -0.3 is 4.90 Å². The quantitative estimate of drug-likeness (QED) is 0.847. The van der Waals surface area contributed by atoms with E-state index < -0.39 is 0 Å². The number of likely N-dealkylation sites (tertiary alicyclic amines) is 1. The lowest BCUT2D eigenvalue weighted by Gasteiger charge is -2.31. The first-order valence-corrected chi connectivity index (χ1v) is 8.26. The van der Waals surface area contributed by atoms with Gasteiger partial charge in [-0.2, -0.15) is 0 Å². The van der Waals surface area contributed by atoms with Gasteiger partial charge in [0.1, 0.15) is 0 Å². The summed E-state index contributed by atoms with van der Waals surface area (Å²) in [6.07, 6.45) is 3.56.